The SMILES string of the molecule is CC#CC(=O)N1CCCC1c1nc(-c2ccc(C(=O)Nc3cc(F)ccn3)cc2)c2c(N)nccn12. The van der Waals surface area contributed by atoms with Crippen LogP contribution in [0.15, 0.2) is 55.0 Å². The van der Waals surface area contributed by atoms with Gasteiger partial charge in [-0.15, -0.1) is 0 Å². The monoisotopic (exact) mass is 483 g/mol. The number of nitrogens with one attached hydrogen (secondary N) is 1. The summed E-state index contributed by atoms with van der Waals surface area (Å²) in [6, 6.07) is 8.90. The van der Waals surface area contributed by atoms with E-state index in [0.717, 1.165) is 24.5 Å². The minimum Gasteiger partial charge on any atom is -0.382 e. The second-order valence-electron chi connectivity index (χ2n) is 8.27. The highest BCUT2D eigenvalue weighted by molar-refractivity contribution is 6.04. The molecule has 36 heavy (non-hydrogen) atoms. The molecule has 10 heteroatoms. The molecule has 0 radical (unpaired) electrons. The van der Waals surface area contributed by atoms with Crippen molar-refractivity contribution in [1.29, 1.82) is 0 Å². The predicted molar refractivity (Wildman–Crippen MR) is 132 cm³/mol. The highest BCUT2D eigenvalue weighted by Gasteiger charge is 2.33. The lowest BCUT2D eigenvalue weighted by atomic mass is 10.1. The average molecular weight is 484 g/mol. The quantitative estimate of drug-likeness (QED) is 0.429. The van der Waals surface area contributed by atoms with Crippen LogP contribution in [0.2, 0.25) is 0 Å². The summed E-state index contributed by atoms with van der Waals surface area (Å²) in [5, 5.41) is 2.58. The molecule has 5 rings (SSSR count). The van der Waals surface area contributed by atoms with Gasteiger partial charge < -0.3 is 16.0 Å². The molecule has 0 saturated carbocycles. The van der Waals surface area contributed by atoms with E-state index in [2.05, 4.69) is 27.1 Å². The number of likely N-dealkylation sites (tertiary alicyclic amines) is 1. The number of aromatic nitrogens is 4. The van der Waals surface area contributed by atoms with Crippen LogP contribution >= 0.6 is 0 Å². The van der Waals surface area contributed by atoms with E-state index in [1.165, 1.54) is 12.3 Å². The van der Waals surface area contributed by atoms with Gasteiger partial charge in [-0.3, -0.25) is 14.0 Å². The molecule has 1 atom stereocenters. The van der Waals surface area contributed by atoms with Gasteiger partial charge in [-0.05, 0) is 43.9 Å². The Balaban J connectivity index is 1.49. The fraction of sp³-hybridized carbons (Fsp3) is 0.192. The van der Waals surface area contributed by atoms with Crippen LogP contribution in [0.25, 0.3) is 16.8 Å². The number of carbonyl (C=O) groups is 2. The molecule has 9 nitrogen and oxygen atoms in total. The number of nitrogens with zero attached hydrogens (tertiary/aromatic N) is 5. The summed E-state index contributed by atoms with van der Waals surface area (Å²) in [7, 11) is 0. The van der Waals surface area contributed by atoms with E-state index in [1.807, 2.05) is 4.40 Å². The summed E-state index contributed by atoms with van der Waals surface area (Å²) >= 11 is 0. The number of pyridine rings is 1. The zero-order chi connectivity index (χ0) is 25.2. The molecule has 2 amide bonds. The maximum absolute atomic E-state index is 13.4. The maximum atomic E-state index is 13.4. The van der Waals surface area contributed by atoms with Crippen molar-refractivity contribution in [3.8, 4) is 23.1 Å². The number of hydrogen-bond donors (Lipinski definition) is 2. The van der Waals surface area contributed by atoms with Crippen LogP contribution in [0.3, 0.4) is 0 Å². The lowest BCUT2D eigenvalue weighted by Gasteiger charge is -2.21. The fourth-order valence-electron chi connectivity index (χ4n) is 4.42. The Morgan fingerprint density at radius 3 is 2.72 bits per heavy atom. The van der Waals surface area contributed by atoms with Crippen molar-refractivity contribution in [1.82, 2.24) is 24.3 Å². The minimum atomic E-state index is -0.492. The van der Waals surface area contributed by atoms with Crippen molar-refractivity contribution in [3.05, 3.63) is 72.2 Å². The Bertz CT molecular complexity index is 1540. The third-order valence-corrected chi connectivity index (χ3v) is 6.04. The first kappa shape index (κ1) is 23.0. The molecule has 180 valence electrons. The Labute approximate surface area is 206 Å². The van der Waals surface area contributed by atoms with Crippen LogP contribution in [0, 0.1) is 17.7 Å². The van der Waals surface area contributed by atoms with Gasteiger partial charge in [-0.25, -0.2) is 19.3 Å². The zero-order valence-corrected chi connectivity index (χ0v) is 19.4. The fourth-order valence-corrected chi connectivity index (χ4v) is 4.42. The number of nitrogen functional groups attached to an aromatic ring is 1. The molecule has 1 fully saturated rings. The average Bonchev–Trinajstić information content (AvgIpc) is 3.50. The van der Waals surface area contributed by atoms with Crippen molar-refractivity contribution in [2.24, 2.45) is 0 Å². The molecule has 4 heterocycles. The van der Waals surface area contributed by atoms with E-state index >= 15 is 0 Å². The molecule has 3 N–H and O–H groups in total. The van der Waals surface area contributed by atoms with Gasteiger partial charge in [0.2, 0.25) is 0 Å². The molecule has 0 aliphatic carbocycles. The van der Waals surface area contributed by atoms with E-state index in [1.54, 1.807) is 48.5 Å². The molecule has 0 bridgehead atoms. The number of imidazole rings is 1. The van der Waals surface area contributed by atoms with Crippen molar-refractivity contribution < 1.29 is 14.0 Å². The van der Waals surface area contributed by atoms with Gasteiger partial charge in [0.1, 0.15) is 34.5 Å². The van der Waals surface area contributed by atoms with Crippen LogP contribution in [0.1, 0.15) is 42.0 Å². The van der Waals surface area contributed by atoms with Gasteiger partial charge >= 0.3 is 0 Å². The first-order chi connectivity index (χ1) is 17.5. The van der Waals surface area contributed by atoms with Crippen LogP contribution in [-0.2, 0) is 4.79 Å². The van der Waals surface area contributed by atoms with Crippen molar-refractivity contribution in [2.45, 2.75) is 25.8 Å². The van der Waals surface area contributed by atoms with Gasteiger partial charge in [-0.2, -0.15) is 0 Å². The number of rotatable bonds is 4. The number of carbonyl (C=O) groups excluding carboxylic acids is 2. The highest BCUT2D eigenvalue weighted by atomic mass is 19.1. The third kappa shape index (κ3) is 4.22. The van der Waals surface area contributed by atoms with Crippen molar-refractivity contribution in [2.75, 3.05) is 17.6 Å². The molecule has 1 aliphatic heterocycles. The Morgan fingerprint density at radius 1 is 1.17 bits per heavy atom. The Hall–Kier alpha value is -4.78. The number of amides is 2. The molecule has 1 saturated heterocycles. The summed E-state index contributed by atoms with van der Waals surface area (Å²) in [5.74, 6) is 5.25. The minimum absolute atomic E-state index is 0.121. The van der Waals surface area contributed by atoms with Gasteiger partial charge in [0, 0.05) is 42.3 Å². The number of benzene rings is 1. The molecule has 1 aliphatic rings. The van der Waals surface area contributed by atoms with Gasteiger partial charge in [0.25, 0.3) is 11.8 Å². The number of anilines is 2. The lowest BCUT2D eigenvalue weighted by Crippen LogP contribution is -2.30. The normalized spacial score (nSPS) is 14.9. The Morgan fingerprint density at radius 2 is 1.97 bits per heavy atom. The van der Waals surface area contributed by atoms with Gasteiger partial charge in [0.15, 0.2) is 0 Å². The molecular weight excluding hydrogens is 461 g/mol. The molecule has 3 aromatic heterocycles. The van der Waals surface area contributed by atoms with E-state index in [9.17, 15) is 14.0 Å². The molecule has 1 aromatic carbocycles. The third-order valence-electron chi connectivity index (χ3n) is 6.04. The topological polar surface area (TPSA) is 119 Å². The highest BCUT2D eigenvalue weighted by Crippen LogP contribution is 2.36. The van der Waals surface area contributed by atoms with E-state index in [-0.39, 0.29) is 17.8 Å². The summed E-state index contributed by atoms with van der Waals surface area (Å²) < 4.78 is 15.3. The predicted octanol–water partition coefficient (Wildman–Crippen LogP) is 3.45. The largest absolute Gasteiger partial charge is 0.382 e. The zero-order valence-electron chi connectivity index (χ0n) is 19.4. The second kappa shape index (κ2) is 9.46. The number of halogens is 1. The van der Waals surface area contributed by atoms with E-state index in [0.29, 0.717) is 35.0 Å². The molecule has 0 spiro atoms. The first-order valence-electron chi connectivity index (χ1n) is 11.4. The summed E-state index contributed by atoms with van der Waals surface area (Å²) in [5.41, 5.74) is 8.55. The summed E-state index contributed by atoms with van der Waals surface area (Å²) in [4.78, 5) is 40.0. The Kier molecular flexibility index (Phi) is 6.04. The van der Waals surface area contributed by atoms with Gasteiger partial charge in [0.05, 0.1) is 6.04 Å². The number of hydrogen-bond acceptors (Lipinski definition) is 6. The molecule has 1 unspecified atom stereocenters. The standard InChI is InChI=1S/C26H22FN7O2/c1-2-4-21(35)33-13-3-5-19(33)25-32-22(23-24(28)30-12-14-34(23)25)16-6-8-17(9-7-16)26(36)31-20-15-18(27)10-11-29-20/h6-12,14-15,19H,3,5,13H2,1H3,(H2,28,30)(H,29,31,36). The van der Waals surface area contributed by atoms with Crippen LogP contribution < -0.4 is 11.1 Å². The van der Waals surface area contributed by atoms with Crippen LogP contribution in [0.5, 0.6) is 0 Å². The maximum Gasteiger partial charge on any atom is 0.299 e. The van der Waals surface area contributed by atoms with Crippen LogP contribution in [0.4, 0.5) is 16.0 Å². The first-order valence-corrected chi connectivity index (χ1v) is 11.4. The van der Waals surface area contributed by atoms with E-state index in [4.69, 9.17) is 10.7 Å². The van der Waals surface area contributed by atoms with Gasteiger partial charge in [-0.1, -0.05) is 18.1 Å². The smallest absolute Gasteiger partial charge is 0.299 e. The second-order valence-corrected chi connectivity index (χ2v) is 8.27. The summed E-state index contributed by atoms with van der Waals surface area (Å²) in [6.45, 7) is 2.24. The van der Waals surface area contributed by atoms with E-state index < -0.39 is 11.7 Å². The van der Waals surface area contributed by atoms with Crippen LogP contribution in [-0.4, -0.2) is 42.6 Å². The molecular formula is C26H22FN7O2. The lowest BCUT2D eigenvalue weighted by molar-refractivity contribution is -0.126. The summed E-state index contributed by atoms with van der Waals surface area (Å²) in [6.07, 6.45) is 6.25. The number of fused-ring (bicyclic) bond motifs is 1. The molecule has 4 aromatic rings. The van der Waals surface area contributed by atoms with Crippen molar-refractivity contribution in [3.63, 3.8) is 0 Å². The van der Waals surface area contributed by atoms with Crippen molar-refractivity contribution >= 4 is 29.0 Å². The number of nitrogens with two attached hydrogens (primary N) is 1.